The molecule has 0 saturated carbocycles. The molecule has 1 rings (SSSR count). The Morgan fingerprint density at radius 2 is 2.08 bits per heavy atom. The molecule has 0 atom stereocenters. The van der Waals surface area contributed by atoms with Crippen LogP contribution >= 0.6 is 45.8 Å². The largest absolute Gasteiger partial charge is 0.312 e. The van der Waals surface area contributed by atoms with Crippen LogP contribution in [-0.4, -0.2) is 11.0 Å². The van der Waals surface area contributed by atoms with Crippen molar-refractivity contribution in [3.8, 4) is 0 Å². The fraction of sp³-hybridized carbons (Fsp3) is 0.333. The standard InChI is InChI=1S/C9H10Cl2IN/c10-8-2-1-7(9(11)5-8)6-13-4-3-12/h1-2,5,13H,3-4,6H2. The lowest BCUT2D eigenvalue weighted by molar-refractivity contribution is 0.737. The van der Waals surface area contributed by atoms with Gasteiger partial charge < -0.3 is 5.32 Å². The topological polar surface area (TPSA) is 12.0 Å². The zero-order valence-corrected chi connectivity index (χ0v) is 10.7. The molecule has 1 nitrogen and oxygen atoms in total. The Kier molecular flexibility index (Phi) is 5.39. The number of hydrogen-bond acceptors (Lipinski definition) is 1. The summed E-state index contributed by atoms with van der Waals surface area (Å²) in [6.45, 7) is 1.80. The summed E-state index contributed by atoms with van der Waals surface area (Å²) in [7, 11) is 0. The van der Waals surface area contributed by atoms with E-state index in [4.69, 9.17) is 23.2 Å². The Labute approximate surface area is 102 Å². The van der Waals surface area contributed by atoms with E-state index in [1.165, 1.54) is 0 Å². The van der Waals surface area contributed by atoms with E-state index in [0.717, 1.165) is 28.1 Å². The van der Waals surface area contributed by atoms with Crippen LogP contribution in [0.3, 0.4) is 0 Å². The highest BCUT2D eigenvalue weighted by Gasteiger charge is 1.99. The third kappa shape index (κ3) is 4.02. The normalized spacial score (nSPS) is 10.4. The molecular formula is C9H10Cl2IN. The molecule has 0 amide bonds. The van der Waals surface area contributed by atoms with Gasteiger partial charge in [0.2, 0.25) is 0 Å². The van der Waals surface area contributed by atoms with Gasteiger partial charge in [-0.1, -0.05) is 51.9 Å². The minimum atomic E-state index is 0.683. The first kappa shape index (κ1) is 11.6. The summed E-state index contributed by atoms with van der Waals surface area (Å²) in [4.78, 5) is 0. The predicted molar refractivity (Wildman–Crippen MR) is 67.1 cm³/mol. The van der Waals surface area contributed by atoms with Gasteiger partial charge in [-0.05, 0) is 17.7 Å². The fourth-order valence-corrected chi connectivity index (χ4v) is 1.81. The molecule has 72 valence electrons. The molecule has 0 aliphatic carbocycles. The first-order valence-electron chi connectivity index (χ1n) is 3.94. The molecule has 0 fully saturated rings. The highest BCUT2D eigenvalue weighted by molar-refractivity contribution is 14.1. The van der Waals surface area contributed by atoms with Crippen molar-refractivity contribution in [1.29, 1.82) is 0 Å². The summed E-state index contributed by atoms with van der Waals surface area (Å²) in [5.74, 6) is 0. The first-order valence-corrected chi connectivity index (χ1v) is 6.23. The summed E-state index contributed by atoms with van der Waals surface area (Å²) in [6, 6.07) is 5.57. The van der Waals surface area contributed by atoms with Gasteiger partial charge in [0.25, 0.3) is 0 Å². The molecule has 1 aromatic carbocycles. The molecule has 0 spiro atoms. The SMILES string of the molecule is Clc1ccc(CNCCI)c(Cl)c1. The van der Waals surface area contributed by atoms with Crippen molar-refractivity contribution in [2.75, 3.05) is 11.0 Å². The van der Waals surface area contributed by atoms with E-state index < -0.39 is 0 Å². The maximum atomic E-state index is 5.98. The second-order valence-electron chi connectivity index (χ2n) is 2.60. The third-order valence-corrected chi connectivity index (χ3v) is 2.73. The molecule has 0 unspecified atom stereocenters. The first-order chi connectivity index (χ1) is 6.24. The Hall–Kier alpha value is 0.490. The fourth-order valence-electron chi connectivity index (χ4n) is 0.955. The van der Waals surface area contributed by atoms with Gasteiger partial charge in [0, 0.05) is 27.6 Å². The summed E-state index contributed by atoms with van der Waals surface area (Å²) in [5, 5.41) is 4.69. The Morgan fingerprint density at radius 1 is 1.31 bits per heavy atom. The molecule has 0 aromatic heterocycles. The zero-order valence-electron chi connectivity index (χ0n) is 6.99. The van der Waals surface area contributed by atoms with Crippen LogP contribution in [0.5, 0.6) is 0 Å². The van der Waals surface area contributed by atoms with Gasteiger partial charge in [-0.25, -0.2) is 0 Å². The van der Waals surface area contributed by atoms with E-state index in [1.54, 1.807) is 6.07 Å². The number of rotatable bonds is 4. The van der Waals surface area contributed by atoms with Gasteiger partial charge >= 0.3 is 0 Å². The van der Waals surface area contributed by atoms with Crippen LogP contribution in [0.2, 0.25) is 10.0 Å². The molecule has 0 radical (unpaired) electrons. The smallest absolute Gasteiger partial charge is 0.0465 e. The molecule has 1 N–H and O–H groups in total. The quantitative estimate of drug-likeness (QED) is 0.506. The molecule has 13 heavy (non-hydrogen) atoms. The molecule has 0 heterocycles. The van der Waals surface area contributed by atoms with Crippen molar-refractivity contribution >= 4 is 45.8 Å². The number of nitrogens with one attached hydrogen (secondary N) is 1. The van der Waals surface area contributed by atoms with Gasteiger partial charge in [0.1, 0.15) is 0 Å². The van der Waals surface area contributed by atoms with Crippen LogP contribution in [0.1, 0.15) is 5.56 Å². The maximum absolute atomic E-state index is 5.98. The summed E-state index contributed by atoms with van der Waals surface area (Å²) < 4.78 is 1.10. The van der Waals surface area contributed by atoms with Gasteiger partial charge in [0.05, 0.1) is 0 Å². The van der Waals surface area contributed by atoms with Crippen molar-refractivity contribution in [3.05, 3.63) is 33.8 Å². The Morgan fingerprint density at radius 3 is 2.69 bits per heavy atom. The minimum Gasteiger partial charge on any atom is -0.312 e. The molecular weight excluding hydrogens is 320 g/mol. The van der Waals surface area contributed by atoms with E-state index in [0.29, 0.717) is 5.02 Å². The van der Waals surface area contributed by atoms with Gasteiger partial charge in [-0.3, -0.25) is 0 Å². The van der Waals surface area contributed by atoms with E-state index in [2.05, 4.69) is 27.9 Å². The second-order valence-corrected chi connectivity index (χ2v) is 4.52. The van der Waals surface area contributed by atoms with Crippen LogP contribution in [0.25, 0.3) is 0 Å². The molecule has 0 saturated heterocycles. The second kappa shape index (κ2) is 6.06. The lowest BCUT2D eigenvalue weighted by Gasteiger charge is -2.05. The van der Waals surface area contributed by atoms with Gasteiger partial charge in [-0.15, -0.1) is 0 Å². The molecule has 0 aliphatic rings. The highest BCUT2D eigenvalue weighted by atomic mass is 127. The van der Waals surface area contributed by atoms with Crippen molar-refractivity contribution < 1.29 is 0 Å². The van der Waals surface area contributed by atoms with E-state index in [9.17, 15) is 0 Å². The summed E-state index contributed by atoms with van der Waals surface area (Å²) in [5.41, 5.74) is 1.09. The molecule has 0 bridgehead atoms. The lowest BCUT2D eigenvalue weighted by atomic mass is 10.2. The van der Waals surface area contributed by atoms with E-state index in [-0.39, 0.29) is 0 Å². The number of benzene rings is 1. The minimum absolute atomic E-state index is 0.683. The third-order valence-electron chi connectivity index (χ3n) is 1.60. The van der Waals surface area contributed by atoms with E-state index >= 15 is 0 Å². The van der Waals surface area contributed by atoms with Gasteiger partial charge in [-0.2, -0.15) is 0 Å². The van der Waals surface area contributed by atoms with Crippen LogP contribution in [-0.2, 0) is 6.54 Å². The number of halogens is 3. The van der Waals surface area contributed by atoms with Crippen LogP contribution in [0.15, 0.2) is 18.2 Å². The van der Waals surface area contributed by atoms with E-state index in [1.807, 2.05) is 12.1 Å². The molecule has 0 aliphatic heterocycles. The van der Waals surface area contributed by atoms with Crippen molar-refractivity contribution in [2.24, 2.45) is 0 Å². The summed E-state index contributed by atoms with van der Waals surface area (Å²) in [6.07, 6.45) is 0. The zero-order chi connectivity index (χ0) is 9.68. The lowest BCUT2D eigenvalue weighted by Crippen LogP contribution is -2.15. The van der Waals surface area contributed by atoms with Crippen LogP contribution in [0, 0.1) is 0 Å². The number of alkyl halides is 1. The van der Waals surface area contributed by atoms with Crippen LogP contribution in [0.4, 0.5) is 0 Å². The monoisotopic (exact) mass is 329 g/mol. The van der Waals surface area contributed by atoms with Crippen LogP contribution < -0.4 is 5.32 Å². The van der Waals surface area contributed by atoms with Crippen molar-refractivity contribution in [3.63, 3.8) is 0 Å². The maximum Gasteiger partial charge on any atom is 0.0465 e. The molecule has 4 heteroatoms. The Balaban J connectivity index is 2.56. The number of hydrogen-bond donors (Lipinski definition) is 1. The predicted octanol–water partition coefficient (Wildman–Crippen LogP) is 3.52. The average Bonchev–Trinajstić information content (AvgIpc) is 2.09. The van der Waals surface area contributed by atoms with Crippen molar-refractivity contribution in [1.82, 2.24) is 5.32 Å². The molecule has 1 aromatic rings. The Bertz CT molecular complexity index is 278. The van der Waals surface area contributed by atoms with Crippen molar-refractivity contribution in [2.45, 2.75) is 6.54 Å². The van der Waals surface area contributed by atoms with Gasteiger partial charge in [0.15, 0.2) is 0 Å². The summed E-state index contributed by atoms with van der Waals surface area (Å²) >= 11 is 14.1. The highest BCUT2D eigenvalue weighted by Crippen LogP contribution is 2.20. The average molecular weight is 330 g/mol.